The molecule has 0 aromatic heterocycles. The van der Waals surface area contributed by atoms with Crippen LogP contribution in [0.25, 0.3) is 0 Å². The van der Waals surface area contributed by atoms with Crippen molar-refractivity contribution in [1.29, 1.82) is 0 Å². The van der Waals surface area contributed by atoms with Crippen LogP contribution >= 0.6 is 11.6 Å². The monoisotopic (exact) mass is 270 g/mol. The third-order valence-electron chi connectivity index (χ3n) is 2.91. The molecule has 1 aromatic rings. The van der Waals surface area contributed by atoms with E-state index in [0.717, 1.165) is 25.7 Å². The van der Waals surface area contributed by atoms with E-state index < -0.39 is 0 Å². The molecule has 1 unspecified atom stereocenters. The first-order valence-corrected chi connectivity index (χ1v) is 6.66. The van der Waals surface area contributed by atoms with Gasteiger partial charge in [0.05, 0.1) is 4.92 Å². The van der Waals surface area contributed by atoms with E-state index >= 15 is 0 Å². The zero-order valence-corrected chi connectivity index (χ0v) is 11.5. The molecule has 1 rings (SSSR count). The predicted octanol–water partition coefficient (Wildman–Crippen LogP) is 4.63. The summed E-state index contributed by atoms with van der Waals surface area (Å²) >= 11 is 5.89. The predicted molar refractivity (Wildman–Crippen MR) is 75.3 cm³/mol. The molecule has 1 aromatic carbocycles. The van der Waals surface area contributed by atoms with Gasteiger partial charge in [0.15, 0.2) is 0 Å². The highest BCUT2D eigenvalue weighted by Gasteiger charge is 2.16. The quantitative estimate of drug-likeness (QED) is 0.580. The molecule has 0 saturated carbocycles. The van der Waals surface area contributed by atoms with Gasteiger partial charge in [-0.05, 0) is 25.0 Å². The number of rotatable bonds is 7. The van der Waals surface area contributed by atoms with E-state index in [2.05, 4.69) is 19.2 Å². The normalized spacial score (nSPS) is 12.2. The Labute approximate surface area is 112 Å². The minimum Gasteiger partial charge on any atom is -0.377 e. The van der Waals surface area contributed by atoms with Crippen molar-refractivity contribution < 1.29 is 4.92 Å². The Morgan fingerprint density at radius 3 is 2.72 bits per heavy atom. The fourth-order valence-electron chi connectivity index (χ4n) is 1.83. The molecule has 0 amide bonds. The molecule has 1 N–H and O–H groups in total. The molecule has 0 fully saturated rings. The molecule has 0 saturated heterocycles. The van der Waals surface area contributed by atoms with Crippen molar-refractivity contribution in [2.24, 2.45) is 0 Å². The van der Waals surface area contributed by atoms with Gasteiger partial charge < -0.3 is 5.32 Å². The number of benzene rings is 1. The molecular weight excluding hydrogens is 252 g/mol. The van der Waals surface area contributed by atoms with Gasteiger partial charge in [0, 0.05) is 17.1 Å². The fraction of sp³-hybridized carbons (Fsp3) is 0.538. The second-order valence-electron chi connectivity index (χ2n) is 4.31. The third kappa shape index (κ3) is 4.18. The SMILES string of the molecule is CCCCC(CC)Nc1cc(Cl)ccc1[N+](=O)[O-]. The average molecular weight is 271 g/mol. The van der Waals surface area contributed by atoms with Crippen molar-refractivity contribution in [1.82, 2.24) is 0 Å². The van der Waals surface area contributed by atoms with E-state index in [1.807, 2.05) is 0 Å². The second-order valence-corrected chi connectivity index (χ2v) is 4.75. The van der Waals surface area contributed by atoms with Crippen LogP contribution in [0.3, 0.4) is 0 Å². The summed E-state index contributed by atoms with van der Waals surface area (Å²) in [5.74, 6) is 0. The molecule has 0 aliphatic rings. The average Bonchev–Trinajstić information content (AvgIpc) is 2.34. The van der Waals surface area contributed by atoms with Crippen LogP contribution in [0.15, 0.2) is 18.2 Å². The third-order valence-corrected chi connectivity index (χ3v) is 3.15. The maximum Gasteiger partial charge on any atom is 0.292 e. The molecule has 100 valence electrons. The Morgan fingerprint density at radius 1 is 1.44 bits per heavy atom. The van der Waals surface area contributed by atoms with Crippen LogP contribution < -0.4 is 5.32 Å². The van der Waals surface area contributed by atoms with Crippen molar-refractivity contribution in [3.05, 3.63) is 33.3 Å². The van der Waals surface area contributed by atoms with Gasteiger partial charge in [0.25, 0.3) is 5.69 Å². The lowest BCUT2D eigenvalue weighted by atomic mass is 10.1. The smallest absolute Gasteiger partial charge is 0.292 e. The first-order chi connectivity index (χ1) is 8.58. The lowest BCUT2D eigenvalue weighted by Gasteiger charge is -2.18. The van der Waals surface area contributed by atoms with Crippen molar-refractivity contribution in [3.8, 4) is 0 Å². The van der Waals surface area contributed by atoms with Gasteiger partial charge in [-0.1, -0.05) is 38.3 Å². The fourth-order valence-corrected chi connectivity index (χ4v) is 2.00. The molecule has 18 heavy (non-hydrogen) atoms. The second kappa shape index (κ2) is 7.21. The van der Waals surface area contributed by atoms with E-state index in [-0.39, 0.29) is 16.7 Å². The molecule has 0 heterocycles. The van der Waals surface area contributed by atoms with Crippen molar-refractivity contribution in [3.63, 3.8) is 0 Å². The van der Waals surface area contributed by atoms with E-state index in [0.29, 0.717) is 10.7 Å². The lowest BCUT2D eigenvalue weighted by Crippen LogP contribution is -2.19. The molecule has 0 spiro atoms. The summed E-state index contributed by atoms with van der Waals surface area (Å²) in [6.45, 7) is 4.21. The number of anilines is 1. The number of halogens is 1. The van der Waals surface area contributed by atoms with Crippen LogP contribution in [0.5, 0.6) is 0 Å². The zero-order chi connectivity index (χ0) is 13.5. The Hall–Kier alpha value is -1.29. The summed E-state index contributed by atoms with van der Waals surface area (Å²) < 4.78 is 0. The van der Waals surface area contributed by atoms with Gasteiger partial charge in [0.1, 0.15) is 5.69 Å². The topological polar surface area (TPSA) is 55.2 Å². The van der Waals surface area contributed by atoms with Crippen LogP contribution in [-0.4, -0.2) is 11.0 Å². The molecule has 0 aliphatic carbocycles. The van der Waals surface area contributed by atoms with Gasteiger partial charge >= 0.3 is 0 Å². The molecule has 0 aliphatic heterocycles. The summed E-state index contributed by atoms with van der Waals surface area (Å²) in [5, 5.41) is 14.7. The van der Waals surface area contributed by atoms with Crippen molar-refractivity contribution in [2.45, 2.75) is 45.6 Å². The van der Waals surface area contributed by atoms with Gasteiger partial charge in [-0.3, -0.25) is 10.1 Å². The molecule has 4 nitrogen and oxygen atoms in total. The summed E-state index contributed by atoms with van der Waals surface area (Å²) in [5.41, 5.74) is 0.588. The highest BCUT2D eigenvalue weighted by molar-refractivity contribution is 6.31. The highest BCUT2D eigenvalue weighted by atomic mass is 35.5. The first kappa shape index (κ1) is 14.8. The molecule has 0 radical (unpaired) electrons. The maximum absolute atomic E-state index is 10.9. The van der Waals surface area contributed by atoms with Gasteiger partial charge in [-0.25, -0.2) is 0 Å². The lowest BCUT2D eigenvalue weighted by molar-refractivity contribution is -0.384. The Kier molecular flexibility index (Phi) is 5.92. The summed E-state index contributed by atoms with van der Waals surface area (Å²) in [6, 6.07) is 4.85. The highest BCUT2D eigenvalue weighted by Crippen LogP contribution is 2.29. The standard InChI is InChI=1S/C13H19ClN2O2/c1-3-5-6-11(4-2)15-12-9-10(14)7-8-13(12)16(17)18/h7-9,11,15H,3-6H2,1-2H3. The number of hydrogen-bond acceptors (Lipinski definition) is 3. The van der Waals surface area contributed by atoms with Crippen LogP contribution in [0.1, 0.15) is 39.5 Å². The Bertz CT molecular complexity index is 410. The summed E-state index contributed by atoms with van der Waals surface area (Å²) in [7, 11) is 0. The van der Waals surface area contributed by atoms with Crippen LogP contribution in [0, 0.1) is 10.1 Å². The number of nitro benzene ring substituents is 1. The first-order valence-electron chi connectivity index (χ1n) is 6.29. The number of unbranched alkanes of at least 4 members (excludes halogenated alkanes) is 1. The summed E-state index contributed by atoms with van der Waals surface area (Å²) in [4.78, 5) is 10.6. The number of hydrogen-bond donors (Lipinski definition) is 1. The Morgan fingerprint density at radius 2 is 2.17 bits per heavy atom. The van der Waals surface area contributed by atoms with Crippen LogP contribution in [-0.2, 0) is 0 Å². The largest absolute Gasteiger partial charge is 0.377 e. The van der Waals surface area contributed by atoms with Gasteiger partial charge in [-0.2, -0.15) is 0 Å². The number of nitro groups is 1. The van der Waals surface area contributed by atoms with Crippen molar-refractivity contribution in [2.75, 3.05) is 5.32 Å². The van der Waals surface area contributed by atoms with Crippen LogP contribution in [0.4, 0.5) is 11.4 Å². The van der Waals surface area contributed by atoms with Crippen molar-refractivity contribution >= 4 is 23.0 Å². The van der Waals surface area contributed by atoms with Gasteiger partial charge in [0.2, 0.25) is 0 Å². The van der Waals surface area contributed by atoms with E-state index in [1.165, 1.54) is 12.1 Å². The maximum atomic E-state index is 10.9. The molecule has 0 bridgehead atoms. The number of nitrogens with one attached hydrogen (secondary N) is 1. The van der Waals surface area contributed by atoms with E-state index in [9.17, 15) is 10.1 Å². The van der Waals surface area contributed by atoms with Crippen LogP contribution in [0.2, 0.25) is 5.02 Å². The molecular formula is C13H19ClN2O2. The Balaban J connectivity index is 2.86. The van der Waals surface area contributed by atoms with Gasteiger partial charge in [-0.15, -0.1) is 0 Å². The van der Waals surface area contributed by atoms with E-state index in [4.69, 9.17) is 11.6 Å². The minimum absolute atomic E-state index is 0.0781. The molecule has 5 heteroatoms. The zero-order valence-electron chi connectivity index (χ0n) is 10.8. The summed E-state index contributed by atoms with van der Waals surface area (Å²) in [6.07, 6.45) is 4.18. The molecule has 1 atom stereocenters. The minimum atomic E-state index is -0.384. The van der Waals surface area contributed by atoms with E-state index in [1.54, 1.807) is 6.07 Å². The number of nitrogens with zero attached hydrogens (tertiary/aromatic N) is 1.